The fraction of sp³-hybridized carbons (Fsp3) is 0.556. The van der Waals surface area contributed by atoms with Crippen LogP contribution in [0.1, 0.15) is 26.5 Å². The molecule has 0 aliphatic carbocycles. The summed E-state index contributed by atoms with van der Waals surface area (Å²) >= 11 is 0. The molecule has 1 aromatic heterocycles. The van der Waals surface area contributed by atoms with Gasteiger partial charge in [-0.3, -0.25) is 0 Å². The van der Waals surface area contributed by atoms with E-state index >= 15 is 0 Å². The highest BCUT2D eigenvalue weighted by Gasteiger charge is 2.14. The molecule has 62 valence electrons. The molecule has 2 heteroatoms. The van der Waals surface area contributed by atoms with Crippen LogP contribution in [0.25, 0.3) is 0 Å². The van der Waals surface area contributed by atoms with Crippen molar-refractivity contribution in [1.82, 2.24) is 4.57 Å². The average Bonchev–Trinajstić information content (AvgIpc) is 2.08. The largest absolute Gasteiger partial charge is 0.344 e. The van der Waals surface area contributed by atoms with Crippen molar-refractivity contribution < 1.29 is 4.39 Å². The zero-order valence-electron chi connectivity index (χ0n) is 7.48. The van der Waals surface area contributed by atoms with Crippen molar-refractivity contribution in [2.45, 2.75) is 33.2 Å². The summed E-state index contributed by atoms with van der Waals surface area (Å²) in [6.45, 7) is 8.08. The van der Waals surface area contributed by atoms with Crippen LogP contribution >= 0.6 is 0 Å². The van der Waals surface area contributed by atoms with Crippen molar-refractivity contribution >= 4 is 0 Å². The van der Waals surface area contributed by atoms with Crippen LogP contribution in [0.15, 0.2) is 12.3 Å². The molecule has 1 rings (SSSR count). The lowest BCUT2D eigenvalue weighted by atomic mass is 10.1. The molecule has 0 atom stereocenters. The summed E-state index contributed by atoms with van der Waals surface area (Å²) in [4.78, 5) is 0. The van der Waals surface area contributed by atoms with Crippen LogP contribution < -0.4 is 0 Å². The van der Waals surface area contributed by atoms with Crippen molar-refractivity contribution in [1.29, 1.82) is 0 Å². The number of hydrogen-bond acceptors (Lipinski definition) is 0. The Labute approximate surface area is 66.8 Å². The molecule has 0 aliphatic rings. The number of halogens is 1. The van der Waals surface area contributed by atoms with E-state index in [0.29, 0.717) is 0 Å². The van der Waals surface area contributed by atoms with Crippen molar-refractivity contribution in [2.75, 3.05) is 0 Å². The summed E-state index contributed by atoms with van der Waals surface area (Å²) in [7, 11) is 0. The third-order valence-corrected chi connectivity index (χ3v) is 1.70. The summed E-state index contributed by atoms with van der Waals surface area (Å²) in [5, 5.41) is 0. The maximum absolute atomic E-state index is 12.7. The molecular formula is C9H14FN. The van der Waals surface area contributed by atoms with Gasteiger partial charge >= 0.3 is 0 Å². The highest BCUT2D eigenvalue weighted by atomic mass is 19.1. The van der Waals surface area contributed by atoms with E-state index in [2.05, 4.69) is 20.8 Å². The number of nitrogens with zero attached hydrogens (tertiary/aromatic N) is 1. The monoisotopic (exact) mass is 155 g/mol. The fourth-order valence-electron chi connectivity index (χ4n) is 1.25. The topological polar surface area (TPSA) is 4.93 Å². The van der Waals surface area contributed by atoms with Crippen molar-refractivity contribution in [3.63, 3.8) is 0 Å². The van der Waals surface area contributed by atoms with E-state index in [1.807, 2.05) is 11.5 Å². The Kier molecular flexibility index (Phi) is 1.78. The molecule has 0 aromatic carbocycles. The van der Waals surface area contributed by atoms with E-state index in [1.165, 1.54) is 6.20 Å². The van der Waals surface area contributed by atoms with E-state index in [0.717, 1.165) is 5.69 Å². The highest BCUT2D eigenvalue weighted by molar-refractivity contribution is 5.09. The summed E-state index contributed by atoms with van der Waals surface area (Å²) in [5.74, 6) is -0.155. The molecule has 0 fully saturated rings. The Morgan fingerprint density at radius 2 is 1.91 bits per heavy atom. The van der Waals surface area contributed by atoms with E-state index < -0.39 is 0 Å². The zero-order chi connectivity index (χ0) is 8.65. The molecule has 0 saturated carbocycles. The average molecular weight is 155 g/mol. The van der Waals surface area contributed by atoms with Crippen LogP contribution in [0, 0.1) is 12.7 Å². The minimum absolute atomic E-state index is 0.0194. The first-order valence-corrected chi connectivity index (χ1v) is 3.76. The first kappa shape index (κ1) is 8.31. The van der Waals surface area contributed by atoms with E-state index in [9.17, 15) is 4.39 Å². The minimum Gasteiger partial charge on any atom is -0.344 e. The Morgan fingerprint density at radius 3 is 2.09 bits per heavy atom. The number of hydrogen-bond donors (Lipinski definition) is 0. The van der Waals surface area contributed by atoms with Gasteiger partial charge in [-0.25, -0.2) is 4.39 Å². The van der Waals surface area contributed by atoms with Gasteiger partial charge < -0.3 is 4.57 Å². The summed E-state index contributed by atoms with van der Waals surface area (Å²) < 4.78 is 14.6. The van der Waals surface area contributed by atoms with E-state index in [-0.39, 0.29) is 11.4 Å². The molecule has 0 saturated heterocycles. The summed E-state index contributed by atoms with van der Waals surface area (Å²) in [6, 6.07) is 1.55. The summed E-state index contributed by atoms with van der Waals surface area (Å²) in [5.41, 5.74) is 0.948. The molecule has 0 unspecified atom stereocenters. The molecule has 1 aromatic rings. The van der Waals surface area contributed by atoms with Gasteiger partial charge in [0.05, 0.1) is 0 Å². The smallest absolute Gasteiger partial charge is 0.141 e. The van der Waals surface area contributed by atoms with E-state index in [1.54, 1.807) is 6.07 Å². The lowest BCUT2D eigenvalue weighted by molar-refractivity contribution is 0.387. The maximum Gasteiger partial charge on any atom is 0.141 e. The van der Waals surface area contributed by atoms with Gasteiger partial charge in [-0.1, -0.05) is 0 Å². The van der Waals surface area contributed by atoms with Gasteiger partial charge in [0.15, 0.2) is 0 Å². The predicted molar refractivity (Wildman–Crippen MR) is 44.1 cm³/mol. The number of rotatable bonds is 0. The predicted octanol–water partition coefficient (Wildman–Crippen LogP) is 2.69. The molecule has 1 heterocycles. The molecule has 0 bridgehead atoms. The standard InChI is InChI=1S/C9H14FN/c1-7-5-8(10)6-11(7)9(2,3)4/h5-6H,1-4H3. The van der Waals surface area contributed by atoms with Gasteiger partial charge in [-0.2, -0.15) is 0 Å². The molecule has 0 radical (unpaired) electrons. The Bertz CT molecular complexity index is 255. The molecular weight excluding hydrogens is 141 g/mol. The van der Waals surface area contributed by atoms with Crippen LogP contribution in [-0.2, 0) is 5.54 Å². The van der Waals surface area contributed by atoms with Gasteiger partial charge in [0.25, 0.3) is 0 Å². The SMILES string of the molecule is Cc1cc(F)cn1C(C)(C)C. The first-order valence-electron chi connectivity index (χ1n) is 3.76. The number of aryl methyl sites for hydroxylation is 1. The first-order chi connectivity index (χ1) is 4.91. The van der Waals surface area contributed by atoms with Crippen LogP contribution in [-0.4, -0.2) is 4.57 Å². The molecule has 0 spiro atoms. The maximum atomic E-state index is 12.7. The van der Waals surface area contributed by atoms with Crippen LogP contribution in [0.3, 0.4) is 0 Å². The second kappa shape index (κ2) is 2.36. The highest BCUT2D eigenvalue weighted by Crippen LogP contribution is 2.18. The van der Waals surface area contributed by atoms with Gasteiger partial charge in [0.2, 0.25) is 0 Å². The molecule has 0 amide bonds. The van der Waals surface area contributed by atoms with Gasteiger partial charge in [-0.15, -0.1) is 0 Å². The molecule has 11 heavy (non-hydrogen) atoms. The minimum atomic E-state index is -0.155. The quantitative estimate of drug-likeness (QED) is 0.543. The zero-order valence-corrected chi connectivity index (χ0v) is 7.48. The van der Waals surface area contributed by atoms with Crippen molar-refractivity contribution in [2.24, 2.45) is 0 Å². The van der Waals surface area contributed by atoms with Crippen LogP contribution in [0.2, 0.25) is 0 Å². The van der Waals surface area contributed by atoms with E-state index in [4.69, 9.17) is 0 Å². The van der Waals surface area contributed by atoms with Gasteiger partial charge in [-0.05, 0) is 33.8 Å². The third-order valence-electron chi connectivity index (χ3n) is 1.70. The molecule has 0 aliphatic heterocycles. The van der Waals surface area contributed by atoms with Gasteiger partial charge in [0, 0.05) is 17.4 Å². The lowest BCUT2D eigenvalue weighted by Gasteiger charge is -2.22. The van der Waals surface area contributed by atoms with Gasteiger partial charge in [0.1, 0.15) is 5.82 Å². The Balaban J connectivity index is 3.13. The normalized spacial score (nSPS) is 12.1. The lowest BCUT2D eigenvalue weighted by Crippen LogP contribution is -2.21. The Hall–Kier alpha value is -0.790. The second-order valence-corrected chi connectivity index (χ2v) is 3.84. The van der Waals surface area contributed by atoms with Crippen LogP contribution in [0.4, 0.5) is 4.39 Å². The van der Waals surface area contributed by atoms with Crippen LogP contribution in [0.5, 0.6) is 0 Å². The second-order valence-electron chi connectivity index (χ2n) is 3.84. The molecule has 0 N–H and O–H groups in total. The summed E-state index contributed by atoms with van der Waals surface area (Å²) in [6.07, 6.45) is 1.54. The fourth-order valence-corrected chi connectivity index (χ4v) is 1.25. The molecule has 1 nitrogen and oxygen atoms in total. The Morgan fingerprint density at radius 1 is 1.36 bits per heavy atom. The number of aromatic nitrogens is 1. The van der Waals surface area contributed by atoms with Crippen molar-refractivity contribution in [3.05, 3.63) is 23.8 Å². The van der Waals surface area contributed by atoms with Crippen molar-refractivity contribution in [3.8, 4) is 0 Å². The third kappa shape index (κ3) is 1.62.